The number of nitrogens with zero attached hydrogens (tertiary/aromatic N) is 1. The summed E-state index contributed by atoms with van der Waals surface area (Å²) in [5.74, 6) is 0.154. The zero-order valence-electron chi connectivity index (χ0n) is 14.9. The summed E-state index contributed by atoms with van der Waals surface area (Å²) >= 11 is 13.4. The molecule has 1 N–H and O–H groups in total. The van der Waals surface area contributed by atoms with Crippen LogP contribution in [0.3, 0.4) is 0 Å². The summed E-state index contributed by atoms with van der Waals surface area (Å²) in [5, 5.41) is 5.18. The molecule has 0 fully saturated rings. The molecule has 0 unspecified atom stereocenters. The molecule has 142 valence electrons. The number of nitrogens with one attached hydrogen (secondary N) is 1. The van der Waals surface area contributed by atoms with Crippen LogP contribution in [-0.2, 0) is 7.05 Å². The van der Waals surface area contributed by atoms with E-state index in [-0.39, 0.29) is 11.5 Å². The fourth-order valence-corrected chi connectivity index (χ4v) is 4.51. The van der Waals surface area contributed by atoms with E-state index < -0.39 is 0 Å². The third-order valence-electron chi connectivity index (χ3n) is 4.47. The minimum Gasteiger partial charge on any atom is -0.495 e. The highest BCUT2D eigenvalue weighted by Gasteiger charge is 2.18. The molecule has 2 aromatic carbocycles. The van der Waals surface area contributed by atoms with Gasteiger partial charge in [-0.1, -0.05) is 23.2 Å². The Morgan fingerprint density at radius 1 is 1.07 bits per heavy atom. The second kappa shape index (κ2) is 7.13. The number of rotatable bonds is 3. The number of ether oxygens (including phenoxy) is 1. The van der Waals surface area contributed by atoms with Gasteiger partial charge in [-0.05, 0) is 42.5 Å². The second-order valence-electron chi connectivity index (χ2n) is 6.18. The van der Waals surface area contributed by atoms with Crippen molar-refractivity contribution in [3.05, 3.63) is 67.7 Å². The first-order chi connectivity index (χ1) is 13.4. The molecule has 0 aliphatic carbocycles. The van der Waals surface area contributed by atoms with Gasteiger partial charge < -0.3 is 14.6 Å². The largest absolute Gasteiger partial charge is 0.495 e. The van der Waals surface area contributed by atoms with E-state index in [1.165, 1.54) is 23.0 Å². The van der Waals surface area contributed by atoms with Crippen molar-refractivity contribution in [1.29, 1.82) is 0 Å². The van der Waals surface area contributed by atoms with Crippen LogP contribution in [0.15, 0.2) is 47.3 Å². The molecule has 2 aromatic heterocycles. The van der Waals surface area contributed by atoms with Crippen molar-refractivity contribution in [3.63, 3.8) is 0 Å². The third-order valence-corrected chi connectivity index (χ3v) is 6.10. The van der Waals surface area contributed by atoms with Crippen molar-refractivity contribution in [2.24, 2.45) is 7.05 Å². The Kier molecular flexibility index (Phi) is 4.79. The highest BCUT2D eigenvalue weighted by atomic mass is 35.5. The maximum absolute atomic E-state index is 12.8. The van der Waals surface area contributed by atoms with Crippen LogP contribution in [0.1, 0.15) is 9.67 Å². The first kappa shape index (κ1) is 18.8. The van der Waals surface area contributed by atoms with Gasteiger partial charge in [0, 0.05) is 27.2 Å². The standard InChI is InChI=1S/C20H14Cl2N2O3S/c1-24-15-8-11(22)3-5-12(15)18-13(20(24)26)9-17(28-18)19(25)23-14-7-10(21)4-6-16(14)27-2/h3-9H,1-2H3,(H,23,25). The zero-order valence-corrected chi connectivity index (χ0v) is 17.2. The number of aromatic nitrogens is 1. The first-order valence-electron chi connectivity index (χ1n) is 8.25. The average molecular weight is 433 g/mol. The minimum absolute atomic E-state index is 0.180. The molecule has 0 spiro atoms. The third kappa shape index (κ3) is 3.13. The van der Waals surface area contributed by atoms with Crippen LogP contribution in [0.5, 0.6) is 5.75 Å². The zero-order chi connectivity index (χ0) is 20.0. The number of pyridine rings is 1. The van der Waals surface area contributed by atoms with E-state index in [4.69, 9.17) is 27.9 Å². The molecule has 0 atom stereocenters. The highest BCUT2D eigenvalue weighted by Crippen LogP contribution is 2.33. The molecule has 5 nitrogen and oxygen atoms in total. The molecule has 0 aliphatic rings. The van der Waals surface area contributed by atoms with E-state index in [2.05, 4.69) is 5.32 Å². The highest BCUT2D eigenvalue weighted by molar-refractivity contribution is 7.21. The van der Waals surface area contributed by atoms with Gasteiger partial charge in [-0.3, -0.25) is 9.59 Å². The number of carbonyl (C=O) groups is 1. The van der Waals surface area contributed by atoms with E-state index in [1.54, 1.807) is 43.4 Å². The number of hydrogen-bond donors (Lipinski definition) is 1. The predicted octanol–water partition coefficient (Wildman–Crippen LogP) is 5.32. The van der Waals surface area contributed by atoms with Crippen molar-refractivity contribution in [3.8, 4) is 5.75 Å². The Bertz CT molecular complexity index is 1310. The summed E-state index contributed by atoms with van der Waals surface area (Å²) in [6.07, 6.45) is 0. The Labute approximate surface area is 174 Å². The van der Waals surface area contributed by atoms with Gasteiger partial charge >= 0.3 is 0 Å². The van der Waals surface area contributed by atoms with Crippen LogP contribution in [0.2, 0.25) is 10.0 Å². The van der Waals surface area contributed by atoms with Crippen LogP contribution >= 0.6 is 34.5 Å². The lowest BCUT2D eigenvalue weighted by Crippen LogP contribution is -2.16. The summed E-state index contributed by atoms with van der Waals surface area (Å²) in [7, 11) is 3.20. The van der Waals surface area contributed by atoms with Gasteiger partial charge in [0.15, 0.2) is 0 Å². The number of amides is 1. The Morgan fingerprint density at radius 2 is 1.79 bits per heavy atom. The number of halogens is 2. The number of thiophene rings is 1. The van der Waals surface area contributed by atoms with Crippen molar-refractivity contribution in [2.75, 3.05) is 12.4 Å². The smallest absolute Gasteiger partial charge is 0.265 e. The predicted molar refractivity (Wildman–Crippen MR) is 116 cm³/mol. The van der Waals surface area contributed by atoms with Crippen molar-refractivity contribution < 1.29 is 9.53 Å². The van der Waals surface area contributed by atoms with E-state index >= 15 is 0 Å². The van der Waals surface area contributed by atoms with E-state index in [1.807, 2.05) is 6.07 Å². The molecular formula is C20H14Cl2N2O3S. The minimum atomic E-state index is -0.342. The van der Waals surface area contributed by atoms with Crippen molar-refractivity contribution >= 4 is 67.1 Å². The molecular weight excluding hydrogens is 419 g/mol. The van der Waals surface area contributed by atoms with Crippen LogP contribution in [0, 0.1) is 0 Å². The number of benzene rings is 2. The molecule has 8 heteroatoms. The second-order valence-corrected chi connectivity index (χ2v) is 8.10. The van der Waals surface area contributed by atoms with E-state index in [9.17, 15) is 9.59 Å². The summed E-state index contributed by atoms with van der Waals surface area (Å²) in [6.45, 7) is 0. The maximum atomic E-state index is 12.8. The summed E-state index contributed by atoms with van der Waals surface area (Å²) in [5.41, 5.74) is 0.998. The van der Waals surface area contributed by atoms with Crippen LogP contribution in [0.4, 0.5) is 5.69 Å². The number of anilines is 1. The number of aryl methyl sites for hydroxylation is 1. The summed E-state index contributed by atoms with van der Waals surface area (Å²) < 4.78 is 7.55. The SMILES string of the molecule is COc1ccc(Cl)cc1NC(=O)c1cc2c(=O)n(C)c3cc(Cl)ccc3c2s1. The monoisotopic (exact) mass is 432 g/mol. The van der Waals surface area contributed by atoms with Gasteiger partial charge in [-0.2, -0.15) is 0 Å². The molecule has 4 aromatic rings. The van der Waals surface area contributed by atoms with Crippen LogP contribution < -0.4 is 15.6 Å². The number of carbonyl (C=O) groups excluding carboxylic acids is 1. The van der Waals surface area contributed by atoms with Gasteiger partial charge in [0.1, 0.15) is 5.75 Å². The lowest BCUT2D eigenvalue weighted by Gasteiger charge is -2.09. The quantitative estimate of drug-likeness (QED) is 0.476. The lowest BCUT2D eigenvalue weighted by atomic mass is 10.1. The molecule has 4 rings (SSSR count). The molecule has 0 saturated carbocycles. The lowest BCUT2D eigenvalue weighted by molar-refractivity contribution is 0.103. The maximum Gasteiger partial charge on any atom is 0.265 e. The van der Waals surface area contributed by atoms with E-state index in [0.717, 1.165) is 15.6 Å². The van der Waals surface area contributed by atoms with E-state index in [0.29, 0.717) is 31.7 Å². The topological polar surface area (TPSA) is 60.3 Å². The number of methoxy groups -OCH3 is 1. The number of hydrogen-bond acceptors (Lipinski definition) is 4. The van der Waals surface area contributed by atoms with Gasteiger partial charge in [0.05, 0.1) is 28.6 Å². The van der Waals surface area contributed by atoms with Crippen molar-refractivity contribution in [2.45, 2.75) is 0 Å². The molecule has 1 amide bonds. The first-order valence-corrected chi connectivity index (χ1v) is 9.83. The Balaban J connectivity index is 1.83. The molecule has 28 heavy (non-hydrogen) atoms. The Morgan fingerprint density at radius 3 is 2.54 bits per heavy atom. The van der Waals surface area contributed by atoms with Gasteiger partial charge in [0.2, 0.25) is 0 Å². The molecule has 0 saturated heterocycles. The average Bonchev–Trinajstić information content (AvgIpc) is 3.12. The summed E-state index contributed by atoms with van der Waals surface area (Å²) in [6, 6.07) is 12.0. The molecule has 0 radical (unpaired) electrons. The summed E-state index contributed by atoms with van der Waals surface area (Å²) in [4.78, 5) is 26.0. The van der Waals surface area contributed by atoms with Gasteiger partial charge in [-0.15, -0.1) is 11.3 Å². The Hall–Kier alpha value is -2.54. The fraction of sp³-hybridized carbons (Fsp3) is 0.100. The molecule has 2 heterocycles. The van der Waals surface area contributed by atoms with Crippen molar-refractivity contribution in [1.82, 2.24) is 4.57 Å². The normalized spacial score (nSPS) is 11.1. The number of fused-ring (bicyclic) bond motifs is 3. The molecule has 0 bridgehead atoms. The van der Waals surface area contributed by atoms with Gasteiger partial charge in [-0.25, -0.2) is 0 Å². The van der Waals surface area contributed by atoms with Crippen LogP contribution in [-0.4, -0.2) is 17.6 Å². The van der Waals surface area contributed by atoms with Crippen LogP contribution in [0.25, 0.3) is 21.0 Å². The fourth-order valence-electron chi connectivity index (χ4n) is 3.09. The van der Waals surface area contributed by atoms with Gasteiger partial charge in [0.25, 0.3) is 11.5 Å². The molecule has 0 aliphatic heterocycles.